The number of nitrogen functional groups attached to an aromatic ring is 1. The van der Waals surface area contributed by atoms with Crippen molar-refractivity contribution in [2.45, 2.75) is 38.4 Å². The largest absolute Gasteiger partial charge is 0.382 e. The van der Waals surface area contributed by atoms with Crippen LogP contribution in [-0.4, -0.2) is 28.9 Å². The van der Waals surface area contributed by atoms with Gasteiger partial charge in [-0.05, 0) is 37.0 Å². The molecule has 0 bridgehead atoms. The Kier molecular flexibility index (Phi) is 12.3. The number of benzene rings is 1. The quantitative estimate of drug-likeness (QED) is 0.479. The highest BCUT2D eigenvalue weighted by Crippen LogP contribution is 2.16. The number of nitrogens with two attached hydrogens (primary N) is 2. The molecule has 2 atom stereocenters. The normalized spacial score (nSPS) is 12.0. The topological polar surface area (TPSA) is 123 Å². The van der Waals surface area contributed by atoms with E-state index in [1.165, 1.54) is 6.20 Å². The van der Waals surface area contributed by atoms with Gasteiger partial charge in [-0.1, -0.05) is 41.9 Å². The van der Waals surface area contributed by atoms with E-state index in [0.29, 0.717) is 23.4 Å². The minimum atomic E-state index is -0.711. The smallest absolute Gasteiger partial charge is 0.242 e. The van der Waals surface area contributed by atoms with Crippen molar-refractivity contribution in [1.29, 1.82) is 0 Å². The van der Waals surface area contributed by atoms with E-state index in [4.69, 9.17) is 23.1 Å². The standard InChI is InChI=1S/C19H24ClN5O2.2ClH/c1-12(18(26)24-11-14-9-15(20)17(22)23-10-14)25-19(27)16(21)8-7-13-5-3-2-4-6-13;;/h2-6,9-10,12,16H,7-8,11,21H2,1H3,(H2,22,23)(H,24,26)(H,25,27);2*1H. The van der Waals surface area contributed by atoms with E-state index in [0.717, 1.165) is 5.56 Å². The predicted octanol–water partition coefficient (Wildman–Crippen LogP) is 2.24. The van der Waals surface area contributed by atoms with E-state index < -0.39 is 12.1 Å². The van der Waals surface area contributed by atoms with Crippen LogP contribution in [0.5, 0.6) is 0 Å². The van der Waals surface area contributed by atoms with E-state index >= 15 is 0 Å². The van der Waals surface area contributed by atoms with Gasteiger partial charge in [0.25, 0.3) is 0 Å². The maximum atomic E-state index is 12.2. The fourth-order valence-electron chi connectivity index (χ4n) is 2.41. The number of rotatable bonds is 8. The first-order chi connectivity index (χ1) is 12.9. The van der Waals surface area contributed by atoms with Crippen molar-refractivity contribution in [3.05, 3.63) is 58.7 Å². The third-order valence-electron chi connectivity index (χ3n) is 4.07. The fraction of sp³-hybridized carbons (Fsp3) is 0.316. The molecule has 10 heteroatoms. The number of carbonyl (C=O) groups is 2. The lowest BCUT2D eigenvalue weighted by atomic mass is 10.1. The number of aromatic nitrogens is 1. The molecule has 2 amide bonds. The van der Waals surface area contributed by atoms with Crippen molar-refractivity contribution in [3.8, 4) is 0 Å². The summed E-state index contributed by atoms with van der Waals surface area (Å²) in [7, 11) is 0. The zero-order valence-corrected chi connectivity index (χ0v) is 18.3. The molecule has 6 N–H and O–H groups in total. The maximum absolute atomic E-state index is 12.2. The van der Waals surface area contributed by atoms with Crippen LogP contribution in [0.3, 0.4) is 0 Å². The van der Waals surface area contributed by atoms with Gasteiger partial charge in [0.2, 0.25) is 11.8 Å². The van der Waals surface area contributed by atoms with Crippen LogP contribution >= 0.6 is 36.4 Å². The molecule has 0 aliphatic rings. The van der Waals surface area contributed by atoms with Gasteiger partial charge in [0.15, 0.2) is 0 Å². The molecule has 0 spiro atoms. The molecule has 0 fully saturated rings. The lowest BCUT2D eigenvalue weighted by Crippen LogP contribution is -2.50. The first-order valence-electron chi connectivity index (χ1n) is 8.64. The first kappa shape index (κ1) is 26.9. The molecule has 0 aliphatic carbocycles. The highest BCUT2D eigenvalue weighted by atomic mass is 35.5. The van der Waals surface area contributed by atoms with Crippen LogP contribution in [-0.2, 0) is 22.6 Å². The van der Waals surface area contributed by atoms with Crippen molar-refractivity contribution in [1.82, 2.24) is 15.6 Å². The number of nitrogens with zero attached hydrogens (tertiary/aromatic N) is 1. The highest BCUT2D eigenvalue weighted by molar-refractivity contribution is 6.32. The van der Waals surface area contributed by atoms with Crippen LogP contribution < -0.4 is 22.1 Å². The summed E-state index contributed by atoms with van der Waals surface area (Å²) in [5, 5.41) is 5.67. The Hall–Kier alpha value is -2.06. The van der Waals surface area contributed by atoms with Crippen molar-refractivity contribution < 1.29 is 9.59 Å². The van der Waals surface area contributed by atoms with Gasteiger partial charge in [-0.2, -0.15) is 0 Å². The molecule has 160 valence electrons. The third kappa shape index (κ3) is 8.87. The fourth-order valence-corrected chi connectivity index (χ4v) is 2.60. The number of carbonyl (C=O) groups excluding carboxylic acids is 2. The summed E-state index contributed by atoms with van der Waals surface area (Å²) >= 11 is 5.90. The molecule has 1 aromatic carbocycles. The number of hydrogen-bond donors (Lipinski definition) is 4. The molecule has 2 unspecified atom stereocenters. The zero-order chi connectivity index (χ0) is 19.8. The summed E-state index contributed by atoms with van der Waals surface area (Å²) in [5.41, 5.74) is 13.3. The average molecular weight is 463 g/mol. The zero-order valence-electron chi connectivity index (χ0n) is 15.9. The van der Waals surface area contributed by atoms with E-state index in [2.05, 4.69) is 15.6 Å². The van der Waals surface area contributed by atoms with Gasteiger partial charge in [-0.3, -0.25) is 9.59 Å². The molecule has 1 aromatic heterocycles. The first-order valence-corrected chi connectivity index (χ1v) is 9.02. The summed E-state index contributed by atoms with van der Waals surface area (Å²) in [6, 6.07) is 10.0. The van der Waals surface area contributed by atoms with Gasteiger partial charge in [-0.25, -0.2) is 4.98 Å². The highest BCUT2D eigenvalue weighted by Gasteiger charge is 2.20. The van der Waals surface area contributed by atoms with Crippen molar-refractivity contribution in [2.24, 2.45) is 5.73 Å². The average Bonchev–Trinajstić information content (AvgIpc) is 2.67. The summed E-state index contributed by atoms with van der Waals surface area (Å²) < 4.78 is 0. The lowest BCUT2D eigenvalue weighted by molar-refractivity contribution is -0.129. The summed E-state index contributed by atoms with van der Waals surface area (Å²) in [4.78, 5) is 28.3. The Balaban J connectivity index is 0.00000392. The van der Waals surface area contributed by atoms with Crippen molar-refractivity contribution in [2.75, 3.05) is 5.73 Å². The van der Waals surface area contributed by atoms with E-state index in [-0.39, 0.29) is 49.0 Å². The number of anilines is 1. The molecule has 2 aromatic rings. The van der Waals surface area contributed by atoms with Crippen LogP contribution in [0, 0.1) is 0 Å². The van der Waals surface area contributed by atoms with Gasteiger partial charge < -0.3 is 22.1 Å². The van der Waals surface area contributed by atoms with Crippen LogP contribution in [0.25, 0.3) is 0 Å². The van der Waals surface area contributed by atoms with Crippen molar-refractivity contribution >= 4 is 54.0 Å². The second-order valence-corrected chi connectivity index (χ2v) is 6.70. The van der Waals surface area contributed by atoms with Gasteiger partial charge in [-0.15, -0.1) is 24.8 Å². The van der Waals surface area contributed by atoms with Gasteiger partial charge in [0.05, 0.1) is 11.1 Å². The Morgan fingerprint density at radius 2 is 1.79 bits per heavy atom. The van der Waals surface area contributed by atoms with Crippen LogP contribution in [0.4, 0.5) is 5.82 Å². The second-order valence-electron chi connectivity index (χ2n) is 6.29. The predicted molar refractivity (Wildman–Crippen MR) is 120 cm³/mol. The number of aryl methyl sites for hydroxylation is 1. The number of pyridine rings is 1. The van der Waals surface area contributed by atoms with Gasteiger partial charge in [0.1, 0.15) is 11.9 Å². The van der Waals surface area contributed by atoms with Gasteiger partial charge >= 0.3 is 0 Å². The lowest BCUT2D eigenvalue weighted by Gasteiger charge is -2.17. The molecular formula is C19H26Cl3N5O2. The summed E-state index contributed by atoms with van der Waals surface area (Å²) in [6.07, 6.45) is 2.73. The summed E-state index contributed by atoms with van der Waals surface area (Å²) in [6.45, 7) is 1.83. The Morgan fingerprint density at radius 3 is 2.41 bits per heavy atom. The van der Waals surface area contributed by atoms with Crippen LogP contribution in [0.15, 0.2) is 42.6 Å². The number of amides is 2. The molecule has 0 aliphatic heterocycles. The SMILES string of the molecule is CC(NC(=O)C(N)CCc1ccccc1)C(=O)NCc1cnc(N)c(Cl)c1.Cl.Cl. The van der Waals surface area contributed by atoms with Crippen LogP contribution in [0.2, 0.25) is 5.02 Å². The minimum Gasteiger partial charge on any atom is -0.382 e. The molecule has 0 saturated heterocycles. The Morgan fingerprint density at radius 1 is 1.14 bits per heavy atom. The molecule has 0 radical (unpaired) electrons. The monoisotopic (exact) mass is 461 g/mol. The molecule has 2 rings (SSSR count). The number of nitrogens with one attached hydrogen (secondary N) is 2. The molecular weight excluding hydrogens is 437 g/mol. The maximum Gasteiger partial charge on any atom is 0.242 e. The molecule has 7 nitrogen and oxygen atoms in total. The Bertz CT molecular complexity index is 793. The van der Waals surface area contributed by atoms with Crippen molar-refractivity contribution in [3.63, 3.8) is 0 Å². The summed E-state index contributed by atoms with van der Waals surface area (Å²) in [5.74, 6) is -0.450. The van der Waals surface area contributed by atoms with E-state index in [1.54, 1.807) is 13.0 Å². The number of halogens is 3. The third-order valence-corrected chi connectivity index (χ3v) is 4.37. The minimum absolute atomic E-state index is 0. The molecule has 1 heterocycles. The van der Waals surface area contributed by atoms with E-state index in [1.807, 2.05) is 30.3 Å². The second kappa shape index (κ2) is 13.2. The van der Waals surface area contributed by atoms with E-state index in [9.17, 15) is 9.59 Å². The van der Waals surface area contributed by atoms with Crippen LogP contribution in [0.1, 0.15) is 24.5 Å². The van der Waals surface area contributed by atoms with Gasteiger partial charge in [0, 0.05) is 12.7 Å². The number of hydrogen-bond acceptors (Lipinski definition) is 5. The molecule has 29 heavy (non-hydrogen) atoms. The Labute approximate surface area is 187 Å². The molecule has 0 saturated carbocycles.